The molecule has 2 amide bonds. The fourth-order valence-corrected chi connectivity index (χ4v) is 5.30. The van der Waals surface area contributed by atoms with Crippen molar-refractivity contribution in [2.45, 2.75) is 102 Å². The summed E-state index contributed by atoms with van der Waals surface area (Å²) in [6, 6.07) is 4.95. The lowest BCUT2D eigenvalue weighted by Gasteiger charge is -2.40. The third-order valence-corrected chi connectivity index (χ3v) is 6.94. The molecular weight excluding hydrogens is 440 g/mol. The van der Waals surface area contributed by atoms with Crippen molar-refractivity contribution in [3.63, 3.8) is 0 Å². The normalized spacial score (nSPS) is 18.6. The summed E-state index contributed by atoms with van der Waals surface area (Å²) in [6.45, 7) is 3.91. The first kappa shape index (κ1) is 25.7. The molecule has 6 nitrogen and oxygen atoms in total. The summed E-state index contributed by atoms with van der Waals surface area (Å²) in [7, 11) is 1.59. The van der Waals surface area contributed by atoms with Crippen LogP contribution in [0, 0.1) is 0 Å². The Morgan fingerprint density at radius 2 is 1.67 bits per heavy atom. The van der Waals surface area contributed by atoms with Crippen LogP contribution in [-0.2, 0) is 9.59 Å². The first-order chi connectivity index (χ1) is 15.9. The molecule has 0 aliphatic heterocycles. The molecule has 0 saturated heterocycles. The summed E-state index contributed by atoms with van der Waals surface area (Å²) in [4.78, 5) is 28.7. The third kappa shape index (κ3) is 6.78. The lowest BCUT2D eigenvalue weighted by molar-refractivity contribution is -0.143. The van der Waals surface area contributed by atoms with E-state index in [9.17, 15) is 9.59 Å². The van der Waals surface area contributed by atoms with Crippen molar-refractivity contribution in [2.24, 2.45) is 0 Å². The predicted molar refractivity (Wildman–Crippen MR) is 131 cm³/mol. The number of methoxy groups -OCH3 is 1. The number of carbonyl (C=O) groups excluding carboxylic acids is 2. The van der Waals surface area contributed by atoms with Crippen LogP contribution in [0.15, 0.2) is 18.2 Å². The van der Waals surface area contributed by atoms with Gasteiger partial charge in [0.25, 0.3) is 0 Å². The van der Waals surface area contributed by atoms with Gasteiger partial charge in [0.05, 0.1) is 13.2 Å². The van der Waals surface area contributed by atoms with Crippen LogP contribution >= 0.6 is 11.6 Å². The average Bonchev–Trinajstić information content (AvgIpc) is 2.83. The summed E-state index contributed by atoms with van der Waals surface area (Å²) >= 11 is 6.07. The molecule has 0 aromatic heterocycles. The van der Waals surface area contributed by atoms with Crippen LogP contribution in [0.2, 0.25) is 0 Å². The summed E-state index contributed by atoms with van der Waals surface area (Å²) in [5.74, 6) is 0.698. The number of ether oxygens (including phenoxy) is 2. The van der Waals surface area contributed by atoms with E-state index in [1.165, 1.54) is 6.42 Å². The molecule has 2 saturated carbocycles. The van der Waals surface area contributed by atoms with Gasteiger partial charge in [-0.25, -0.2) is 0 Å². The van der Waals surface area contributed by atoms with E-state index in [1.54, 1.807) is 12.0 Å². The van der Waals surface area contributed by atoms with Crippen LogP contribution in [0.5, 0.6) is 11.5 Å². The molecule has 7 heteroatoms. The SMILES string of the molecule is COc1cc(C(C(=O)NC2CCCCC2)N(C(=O)CCl)C2CCCCC2)ccc1OC(C)C. The number of benzene rings is 1. The molecule has 184 valence electrons. The Kier molecular flexibility index (Phi) is 9.72. The molecule has 0 heterocycles. The van der Waals surface area contributed by atoms with Gasteiger partial charge in [0.2, 0.25) is 11.8 Å². The second-order valence-corrected chi connectivity index (χ2v) is 9.82. The Bertz CT molecular complexity index is 788. The molecule has 0 radical (unpaired) electrons. The van der Waals surface area contributed by atoms with Crippen molar-refractivity contribution in [1.29, 1.82) is 0 Å². The summed E-state index contributed by atoms with van der Waals surface area (Å²) in [5, 5.41) is 3.25. The summed E-state index contributed by atoms with van der Waals surface area (Å²) in [5.41, 5.74) is 0.723. The van der Waals surface area contributed by atoms with Gasteiger partial charge in [-0.1, -0.05) is 44.6 Å². The molecule has 1 aromatic rings. The van der Waals surface area contributed by atoms with Crippen LogP contribution in [0.4, 0.5) is 0 Å². The minimum Gasteiger partial charge on any atom is -0.493 e. The zero-order valence-electron chi connectivity index (χ0n) is 20.3. The maximum atomic E-state index is 13.8. The highest BCUT2D eigenvalue weighted by Gasteiger charge is 2.37. The molecule has 3 rings (SSSR count). The van der Waals surface area contributed by atoms with E-state index in [0.717, 1.165) is 63.4 Å². The first-order valence-electron chi connectivity index (χ1n) is 12.5. The maximum absolute atomic E-state index is 13.8. The van der Waals surface area contributed by atoms with Gasteiger partial charge in [0.1, 0.15) is 11.9 Å². The number of alkyl halides is 1. The van der Waals surface area contributed by atoms with Crippen molar-refractivity contribution in [2.75, 3.05) is 13.0 Å². The maximum Gasteiger partial charge on any atom is 0.247 e. The van der Waals surface area contributed by atoms with E-state index in [1.807, 2.05) is 32.0 Å². The van der Waals surface area contributed by atoms with Crippen molar-refractivity contribution < 1.29 is 19.1 Å². The number of hydrogen-bond donors (Lipinski definition) is 1. The molecule has 2 fully saturated rings. The van der Waals surface area contributed by atoms with Crippen molar-refractivity contribution in [1.82, 2.24) is 10.2 Å². The molecule has 0 spiro atoms. The first-order valence-corrected chi connectivity index (χ1v) is 13.0. The van der Waals surface area contributed by atoms with E-state index in [0.29, 0.717) is 11.5 Å². The lowest BCUT2D eigenvalue weighted by atomic mass is 9.90. The Morgan fingerprint density at radius 1 is 1.03 bits per heavy atom. The van der Waals surface area contributed by atoms with Crippen LogP contribution in [-0.4, -0.2) is 47.9 Å². The Hall–Kier alpha value is -1.95. The third-order valence-electron chi connectivity index (χ3n) is 6.71. The Labute approximate surface area is 203 Å². The second-order valence-electron chi connectivity index (χ2n) is 9.55. The van der Waals surface area contributed by atoms with Crippen LogP contribution in [0.25, 0.3) is 0 Å². The summed E-state index contributed by atoms with van der Waals surface area (Å²) in [6.07, 6.45) is 10.5. The highest BCUT2D eigenvalue weighted by Crippen LogP contribution is 2.36. The van der Waals surface area contributed by atoms with Gasteiger partial charge in [-0.15, -0.1) is 11.6 Å². The van der Waals surface area contributed by atoms with Gasteiger partial charge in [-0.05, 0) is 57.2 Å². The molecule has 33 heavy (non-hydrogen) atoms. The molecule has 1 unspecified atom stereocenters. The smallest absolute Gasteiger partial charge is 0.247 e. The van der Waals surface area contributed by atoms with Crippen molar-refractivity contribution in [3.8, 4) is 11.5 Å². The second kappa shape index (κ2) is 12.5. The number of nitrogens with one attached hydrogen (secondary N) is 1. The van der Waals surface area contributed by atoms with Gasteiger partial charge in [0.15, 0.2) is 11.5 Å². The van der Waals surface area contributed by atoms with E-state index >= 15 is 0 Å². The molecule has 2 aliphatic rings. The number of halogens is 1. The minimum atomic E-state index is -0.747. The van der Waals surface area contributed by atoms with Crippen LogP contribution in [0.3, 0.4) is 0 Å². The van der Waals surface area contributed by atoms with E-state index in [2.05, 4.69) is 5.32 Å². The quantitative estimate of drug-likeness (QED) is 0.484. The van der Waals surface area contributed by atoms with Crippen LogP contribution < -0.4 is 14.8 Å². The van der Waals surface area contributed by atoms with Gasteiger partial charge >= 0.3 is 0 Å². The number of nitrogens with zero attached hydrogens (tertiary/aromatic N) is 1. The number of amides is 2. The van der Waals surface area contributed by atoms with Crippen molar-refractivity contribution in [3.05, 3.63) is 23.8 Å². The zero-order valence-corrected chi connectivity index (χ0v) is 21.0. The van der Waals surface area contributed by atoms with Gasteiger partial charge < -0.3 is 19.7 Å². The van der Waals surface area contributed by atoms with E-state index in [-0.39, 0.29) is 35.9 Å². The summed E-state index contributed by atoms with van der Waals surface area (Å²) < 4.78 is 11.5. The van der Waals surface area contributed by atoms with Crippen LogP contribution in [0.1, 0.15) is 89.7 Å². The van der Waals surface area contributed by atoms with Crippen molar-refractivity contribution >= 4 is 23.4 Å². The standard InChI is InChI=1S/C26H39ClN2O4/c1-18(2)33-22-15-14-19(16-23(22)32-3)25(26(31)28-20-10-6-4-7-11-20)29(24(30)17-27)21-12-8-5-9-13-21/h14-16,18,20-21,25H,4-13,17H2,1-3H3,(H,28,31). The Balaban J connectivity index is 1.99. The van der Waals surface area contributed by atoms with Gasteiger partial charge in [0, 0.05) is 12.1 Å². The van der Waals surface area contributed by atoms with Gasteiger partial charge in [-0.2, -0.15) is 0 Å². The monoisotopic (exact) mass is 478 g/mol. The number of carbonyl (C=O) groups is 2. The number of rotatable bonds is 9. The molecular formula is C26H39ClN2O4. The fraction of sp³-hybridized carbons (Fsp3) is 0.692. The number of hydrogen-bond acceptors (Lipinski definition) is 4. The molecule has 1 aromatic carbocycles. The topological polar surface area (TPSA) is 67.9 Å². The minimum absolute atomic E-state index is 0.00434. The van der Waals surface area contributed by atoms with Gasteiger partial charge in [-0.3, -0.25) is 9.59 Å². The predicted octanol–water partition coefficient (Wildman–Crippen LogP) is 5.37. The fourth-order valence-electron chi connectivity index (χ4n) is 5.16. The molecule has 1 atom stereocenters. The average molecular weight is 479 g/mol. The highest BCUT2D eigenvalue weighted by atomic mass is 35.5. The van der Waals surface area contributed by atoms with E-state index in [4.69, 9.17) is 21.1 Å². The highest BCUT2D eigenvalue weighted by molar-refractivity contribution is 6.27. The zero-order chi connectivity index (χ0) is 23.8. The largest absolute Gasteiger partial charge is 0.493 e. The lowest BCUT2D eigenvalue weighted by Crippen LogP contribution is -2.51. The Morgan fingerprint density at radius 3 is 2.24 bits per heavy atom. The molecule has 0 bridgehead atoms. The van der Waals surface area contributed by atoms with E-state index < -0.39 is 6.04 Å². The molecule has 2 aliphatic carbocycles. The molecule has 1 N–H and O–H groups in total.